The van der Waals surface area contributed by atoms with Crippen molar-refractivity contribution in [3.05, 3.63) is 30.1 Å². The zero-order valence-corrected chi connectivity index (χ0v) is 10.2. The maximum absolute atomic E-state index is 12.5. The number of hydrogen-bond acceptors (Lipinski definition) is 3. The highest BCUT2D eigenvalue weighted by Crippen LogP contribution is 2.09. The molecule has 4 nitrogen and oxygen atoms in total. The zero-order chi connectivity index (χ0) is 11.3. The molecule has 0 radical (unpaired) electrons. The van der Waals surface area contributed by atoms with Crippen LogP contribution in [-0.2, 0) is 10.0 Å². The Morgan fingerprint density at radius 2 is 1.81 bits per heavy atom. The average molecular weight is 269 g/mol. The van der Waals surface area contributed by atoms with E-state index in [2.05, 4.69) is 4.72 Å². The van der Waals surface area contributed by atoms with Crippen LogP contribution in [0.5, 0.6) is 0 Å². The van der Waals surface area contributed by atoms with Gasteiger partial charge in [0.25, 0.3) is 0 Å². The van der Waals surface area contributed by atoms with Gasteiger partial charge in [-0.1, -0.05) is 0 Å². The van der Waals surface area contributed by atoms with E-state index in [0.717, 1.165) is 12.1 Å². The number of halogens is 2. The van der Waals surface area contributed by atoms with Crippen molar-refractivity contribution in [2.24, 2.45) is 5.73 Å². The molecule has 0 amide bonds. The number of nitrogens with one attached hydrogen (secondary N) is 1. The molecule has 0 atom stereocenters. The van der Waals surface area contributed by atoms with Crippen molar-refractivity contribution < 1.29 is 12.8 Å². The van der Waals surface area contributed by atoms with E-state index in [0.29, 0.717) is 13.0 Å². The van der Waals surface area contributed by atoms with Crippen LogP contribution >= 0.6 is 12.4 Å². The fourth-order valence-electron chi connectivity index (χ4n) is 1.01. The van der Waals surface area contributed by atoms with E-state index >= 15 is 0 Å². The van der Waals surface area contributed by atoms with Crippen molar-refractivity contribution in [3.63, 3.8) is 0 Å². The summed E-state index contributed by atoms with van der Waals surface area (Å²) in [4.78, 5) is 0.0564. The first-order chi connectivity index (χ1) is 7.06. The van der Waals surface area contributed by atoms with Crippen molar-refractivity contribution in [2.75, 3.05) is 13.1 Å². The number of rotatable bonds is 5. The minimum absolute atomic E-state index is 0. The summed E-state index contributed by atoms with van der Waals surface area (Å²) in [5, 5.41) is 0. The predicted octanol–water partition coefficient (Wildman–Crippen LogP) is 0.875. The van der Waals surface area contributed by atoms with E-state index in [4.69, 9.17) is 5.73 Å². The third-order valence-electron chi connectivity index (χ3n) is 1.80. The van der Waals surface area contributed by atoms with E-state index in [-0.39, 0.29) is 23.8 Å². The molecule has 7 heteroatoms. The molecule has 92 valence electrons. The molecular formula is C9H14ClFN2O2S. The van der Waals surface area contributed by atoms with Crippen LogP contribution in [0.4, 0.5) is 4.39 Å². The van der Waals surface area contributed by atoms with Gasteiger partial charge in [-0.25, -0.2) is 17.5 Å². The highest BCUT2D eigenvalue weighted by molar-refractivity contribution is 7.89. The Labute approximate surface area is 100 Å². The molecule has 0 aromatic heterocycles. The molecule has 0 aliphatic heterocycles. The van der Waals surface area contributed by atoms with Crippen molar-refractivity contribution >= 4 is 22.4 Å². The summed E-state index contributed by atoms with van der Waals surface area (Å²) in [6.07, 6.45) is 0.570. The van der Waals surface area contributed by atoms with Gasteiger partial charge in [-0.15, -0.1) is 12.4 Å². The van der Waals surface area contributed by atoms with Crippen molar-refractivity contribution in [1.29, 1.82) is 0 Å². The molecule has 3 N–H and O–H groups in total. The molecule has 0 spiro atoms. The van der Waals surface area contributed by atoms with Crippen LogP contribution in [0.2, 0.25) is 0 Å². The average Bonchev–Trinajstić information content (AvgIpc) is 2.18. The molecule has 0 heterocycles. The Morgan fingerprint density at radius 1 is 1.25 bits per heavy atom. The van der Waals surface area contributed by atoms with E-state index in [1.165, 1.54) is 12.1 Å². The Balaban J connectivity index is 0.00000225. The summed E-state index contributed by atoms with van der Waals surface area (Å²) in [7, 11) is -3.52. The summed E-state index contributed by atoms with van der Waals surface area (Å²) in [5.74, 6) is -0.462. The minimum Gasteiger partial charge on any atom is -0.330 e. The topological polar surface area (TPSA) is 72.2 Å². The molecule has 0 saturated heterocycles. The van der Waals surface area contributed by atoms with Crippen LogP contribution in [0.3, 0.4) is 0 Å². The largest absolute Gasteiger partial charge is 0.330 e. The third-order valence-corrected chi connectivity index (χ3v) is 3.27. The third kappa shape index (κ3) is 4.44. The van der Waals surface area contributed by atoms with Gasteiger partial charge >= 0.3 is 0 Å². The summed E-state index contributed by atoms with van der Waals surface area (Å²) >= 11 is 0. The van der Waals surface area contributed by atoms with Crippen LogP contribution in [-0.4, -0.2) is 21.5 Å². The van der Waals surface area contributed by atoms with Gasteiger partial charge in [-0.2, -0.15) is 0 Å². The van der Waals surface area contributed by atoms with E-state index < -0.39 is 15.8 Å². The lowest BCUT2D eigenvalue weighted by Crippen LogP contribution is -2.26. The van der Waals surface area contributed by atoms with Gasteiger partial charge in [0.15, 0.2) is 0 Å². The highest BCUT2D eigenvalue weighted by Gasteiger charge is 2.12. The van der Waals surface area contributed by atoms with Gasteiger partial charge in [0, 0.05) is 6.54 Å². The first-order valence-corrected chi connectivity index (χ1v) is 6.00. The maximum atomic E-state index is 12.5. The second kappa shape index (κ2) is 6.80. The van der Waals surface area contributed by atoms with E-state index in [1.54, 1.807) is 0 Å². The van der Waals surface area contributed by atoms with Gasteiger partial charge in [-0.3, -0.25) is 0 Å². The molecule has 0 fully saturated rings. The monoisotopic (exact) mass is 268 g/mol. The summed E-state index contributed by atoms with van der Waals surface area (Å²) < 4.78 is 38.0. The molecule has 0 saturated carbocycles. The number of hydrogen-bond donors (Lipinski definition) is 2. The van der Waals surface area contributed by atoms with Crippen LogP contribution in [0.1, 0.15) is 6.42 Å². The molecule has 0 aliphatic carbocycles. The molecule has 0 unspecified atom stereocenters. The second-order valence-electron chi connectivity index (χ2n) is 2.99. The molecule has 0 aliphatic rings. The van der Waals surface area contributed by atoms with Crippen LogP contribution in [0.15, 0.2) is 29.2 Å². The van der Waals surface area contributed by atoms with Gasteiger partial charge < -0.3 is 5.73 Å². The highest BCUT2D eigenvalue weighted by atomic mass is 35.5. The standard InChI is InChI=1S/C9H13FN2O2S.ClH/c10-8-2-4-9(5-3-8)15(13,14)12-7-1-6-11;/h2-5,12H,1,6-7,11H2;1H. The minimum atomic E-state index is -3.52. The fraction of sp³-hybridized carbons (Fsp3) is 0.333. The van der Waals surface area contributed by atoms with Crippen LogP contribution in [0.25, 0.3) is 0 Å². The predicted molar refractivity (Wildman–Crippen MR) is 62.5 cm³/mol. The van der Waals surface area contributed by atoms with Crippen molar-refractivity contribution in [3.8, 4) is 0 Å². The van der Waals surface area contributed by atoms with E-state index in [9.17, 15) is 12.8 Å². The smallest absolute Gasteiger partial charge is 0.240 e. The lowest BCUT2D eigenvalue weighted by molar-refractivity contribution is 0.578. The summed E-state index contributed by atoms with van der Waals surface area (Å²) in [6, 6.07) is 4.66. The van der Waals surface area contributed by atoms with Crippen molar-refractivity contribution in [1.82, 2.24) is 4.72 Å². The van der Waals surface area contributed by atoms with Gasteiger partial charge in [0.1, 0.15) is 5.82 Å². The first kappa shape index (κ1) is 15.3. The molecular weight excluding hydrogens is 255 g/mol. The van der Waals surface area contributed by atoms with Crippen LogP contribution in [0, 0.1) is 5.82 Å². The molecule has 1 rings (SSSR count). The Kier molecular flexibility index (Phi) is 6.51. The maximum Gasteiger partial charge on any atom is 0.240 e. The Bertz CT molecular complexity index is 408. The summed E-state index contributed by atoms with van der Waals surface area (Å²) in [5.41, 5.74) is 5.23. The van der Waals surface area contributed by atoms with E-state index in [1.807, 2.05) is 0 Å². The van der Waals surface area contributed by atoms with Crippen molar-refractivity contribution in [2.45, 2.75) is 11.3 Å². The molecule has 1 aromatic rings. The Morgan fingerprint density at radius 3 is 2.31 bits per heavy atom. The van der Waals surface area contributed by atoms with Gasteiger partial charge in [0.05, 0.1) is 4.90 Å². The normalized spacial score (nSPS) is 10.9. The van der Waals surface area contributed by atoms with Gasteiger partial charge in [0.2, 0.25) is 10.0 Å². The first-order valence-electron chi connectivity index (χ1n) is 4.51. The Hall–Kier alpha value is -0.690. The summed E-state index contributed by atoms with van der Waals surface area (Å²) in [6.45, 7) is 0.710. The quantitative estimate of drug-likeness (QED) is 0.779. The SMILES string of the molecule is Cl.NCCCNS(=O)(=O)c1ccc(F)cc1. The number of benzene rings is 1. The van der Waals surface area contributed by atoms with Gasteiger partial charge in [-0.05, 0) is 37.2 Å². The second-order valence-corrected chi connectivity index (χ2v) is 4.76. The molecule has 1 aromatic carbocycles. The fourth-order valence-corrected chi connectivity index (χ4v) is 2.08. The molecule has 0 bridgehead atoms. The number of nitrogens with two attached hydrogens (primary N) is 1. The van der Waals surface area contributed by atoms with Crippen LogP contribution < -0.4 is 10.5 Å². The number of sulfonamides is 1. The zero-order valence-electron chi connectivity index (χ0n) is 8.52. The lowest BCUT2D eigenvalue weighted by Gasteiger charge is -2.05. The molecule has 16 heavy (non-hydrogen) atoms. The lowest BCUT2D eigenvalue weighted by atomic mass is 10.4.